The molecule has 5 rings (SSSR count). The first-order chi connectivity index (χ1) is 16.6. The van der Waals surface area contributed by atoms with Crippen molar-refractivity contribution in [2.45, 2.75) is 0 Å². The molecule has 0 unspecified atom stereocenters. The molecule has 1 N–H and O–H groups in total. The Morgan fingerprint density at radius 3 is 2.47 bits per heavy atom. The predicted octanol–water partition coefficient (Wildman–Crippen LogP) is 3.59. The Labute approximate surface area is 204 Å². The first-order valence-electron chi connectivity index (χ1n) is 10.6. The highest BCUT2D eigenvalue weighted by Crippen LogP contribution is 2.30. The Morgan fingerprint density at radius 1 is 0.971 bits per heavy atom. The summed E-state index contributed by atoms with van der Waals surface area (Å²) in [5.74, 6) is 0.267. The minimum absolute atomic E-state index is 0.0702. The predicted molar refractivity (Wildman–Crippen MR) is 131 cm³/mol. The molecule has 4 heterocycles. The van der Waals surface area contributed by atoms with Gasteiger partial charge in [0.25, 0.3) is 11.8 Å². The Hall–Kier alpha value is -3.76. The van der Waals surface area contributed by atoms with Crippen molar-refractivity contribution in [3.63, 3.8) is 0 Å². The number of carbonyl (C=O) groups is 2. The van der Waals surface area contributed by atoms with E-state index >= 15 is 0 Å². The van der Waals surface area contributed by atoms with Crippen LogP contribution in [0, 0.1) is 0 Å². The summed E-state index contributed by atoms with van der Waals surface area (Å²) in [4.78, 5) is 34.4. The van der Waals surface area contributed by atoms with Crippen molar-refractivity contribution < 1.29 is 9.59 Å². The Balaban J connectivity index is 1.23. The van der Waals surface area contributed by atoms with Crippen molar-refractivity contribution in [3.8, 4) is 5.82 Å². The quantitative estimate of drug-likeness (QED) is 0.456. The molecule has 0 atom stereocenters. The van der Waals surface area contributed by atoms with Gasteiger partial charge in [0.15, 0.2) is 0 Å². The summed E-state index contributed by atoms with van der Waals surface area (Å²) in [6.07, 6.45) is 3.03. The zero-order chi connectivity index (χ0) is 23.5. The highest BCUT2D eigenvalue weighted by molar-refractivity contribution is 7.12. The van der Waals surface area contributed by atoms with Crippen LogP contribution in [0.5, 0.6) is 0 Å². The molecular formula is C23H20ClN7O2S. The van der Waals surface area contributed by atoms with Crippen LogP contribution in [0.2, 0.25) is 5.02 Å². The maximum Gasteiger partial charge on any atom is 0.274 e. The number of benzene rings is 1. The summed E-state index contributed by atoms with van der Waals surface area (Å²) < 4.78 is 1.62. The molecule has 1 fully saturated rings. The second-order valence-electron chi connectivity index (χ2n) is 7.63. The zero-order valence-corrected chi connectivity index (χ0v) is 19.5. The van der Waals surface area contributed by atoms with Gasteiger partial charge in [-0.15, -0.1) is 21.5 Å². The molecule has 0 radical (unpaired) electrons. The van der Waals surface area contributed by atoms with Crippen LogP contribution in [0.15, 0.2) is 66.6 Å². The fourth-order valence-corrected chi connectivity index (χ4v) is 4.75. The second-order valence-corrected chi connectivity index (χ2v) is 8.98. The van der Waals surface area contributed by atoms with E-state index in [1.165, 1.54) is 24.0 Å². The summed E-state index contributed by atoms with van der Waals surface area (Å²) in [7, 11) is 0. The Kier molecular flexibility index (Phi) is 6.24. The summed E-state index contributed by atoms with van der Waals surface area (Å²) >= 11 is 8.02. The number of hydrogen-bond acceptors (Lipinski definition) is 7. The topological polar surface area (TPSA) is 96.2 Å². The molecule has 3 aromatic heterocycles. The molecule has 0 aliphatic carbocycles. The molecule has 1 aliphatic rings. The van der Waals surface area contributed by atoms with Gasteiger partial charge in [-0.3, -0.25) is 14.2 Å². The normalized spacial score (nSPS) is 13.7. The SMILES string of the molecule is O=C(Nc1ccc(N2CCN(C(=O)c3cccs3)CC2)c(Cl)c1)c1cccc(-n2cnnc2)n1. The van der Waals surface area contributed by atoms with Crippen LogP contribution < -0.4 is 10.2 Å². The molecule has 9 nitrogen and oxygen atoms in total. The minimum atomic E-state index is -0.348. The highest BCUT2D eigenvalue weighted by atomic mass is 35.5. The summed E-state index contributed by atoms with van der Waals surface area (Å²) in [5, 5.41) is 12.8. The van der Waals surface area contributed by atoms with Gasteiger partial charge in [0.2, 0.25) is 0 Å². The van der Waals surface area contributed by atoms with Crippen molar-refractivity contribution in [3.05, 3.63) is 82.2 Å². The number of carbonyl (C=O) groups excluding carboxylic acids is 2. The molecule has 0 saturated carbocycles. The van der Waals surface area contributed by atoms with Crippen LogP contribution in [0.1, 0.15) is 20.2 Å². The van der Waals surface area contributed by atoms with Crippen LogP contribution in [-0.4, -0.2) is 62.6 Å². The standard InChI is InChI=1S/C23H20ClN7O2S/c24-17-13-16(27-22(32)18-3-1-5-21(28-18)31-14-25-26-15-31)6-7-19(17)29-8-10-30(11-9-29)23(33)20-4-2-12-34-20/h1-7,12-15H,8-11H2,(H,27,32). The van der Waals surface area contributed by atoms with Crippen molar-refractivity contribution in [2.75, 3.05) is 36.4 Å². The molecule has 11 heteroatoms. The molecule has 0 spiro atoms. The number of nitrogens with one attached hydrogen (secondary N) is 1. The molecular weight excluding hydrogens is 474 g/mol. The first-order valence-corrected chi connectivity index (χ1v) is 11.8. The van der Waals surface area contributed by atoms with Gasteiger partial charge in [-0.2, -0.15) is 0 Å². The lowest BCUT2D eigenvalue weighted by Gasteiger charge is -2.36. The van der Waals surface area contributed by atoms with Crippen LogP contribution >= 0.6 is 22.9 Å². The number of rotatable bonds is 5. The molecule has 172 valence electrons. The van der Waals surface area contributed by atoms with Gasteiger partial charge in [-0.05, 0) is 41.8 Å². The number of pyridine rings is 1. The third-order valence-corrected chi connectivity index (χ3v) is 6.66. The van der Waals surface area contributed by atoms with E-state index in [1.54, 1.807) is 28.8 Å². The number of aromatic nitrogens is 4. The van der Waals surface area contributed by atoms with E-state index in [0.717, 1.165) is 10.6 Å². The van der Waals surface area contributed by atoms with Gasteiger partial charge in [0.05, 0.1) is 15.6 Å². The van der Waals surface area contributed by atoms with Crippen LogP contribution in [0.4, 0.5) is 11.4 Å². The first kappa shape index (κ1) is 22.1. The Bertz CT molecular complexity index is 1300. The van der Waals surface area contributed by atoms with Gasteiger partial charge >= 0.3 is 0 Å². The van der Waals surface area contributed by atoms with E-state index in [1.807, 2.05) is 34.5 Å². The summed E-state index contributed by atoms with van der Waals surface area (Å²) in [6, 6.07) is 14.3. The summed E-state index contributed by atoms with van der Waals surface area (Å²) in [6.45, 7) is 2.62. The maximum atomic E-state index is 12.7. The van der Waals surface area contributed by atoms with Crippen molar-refractivity contribution in [1.82, 2.24) is 24.6 Å². The number of thiophene rings is 1. The number of nitrogens with zero attached hydrogens (tertiary/aromatic N) is 6. The lowest BCUT2D eigenvalue weighted by atomic mass is 10.2. The summed E-state index contributed by atoms with van der Waals surface area (Å²) in [5.41, 5.74) is 1.70. The fourth-order valence-electron chi connectivity index (χ4n) is 3.76. The van der Waals surface area contributed by atoms with Gasteiger partial charge in [0, 0.05) is 31.9 Å². The molecule has 4 aromatic rings. The Morgan fingerprint density at radius 2 is 1.76 bits per heavy atom. The average Bonchev–Trinajstić information content (AvgIpc) is 3.59. The maximum absolute atomic E-state index is 12.7. The number of amides is 2. The van der Waals surface area contributed by atoms with Gasteiger partial charge in [-0.1, -0.05) is 23.7 Å². The molecule has 34 heavy (non-hydrogen) atoms. The van der Waals surface area contributed by atoms with E-state index in [2.05, 4.69) is 25.4 Å². The lowest BCUT2D eigenvalue weighted by Crippen LogP contribution is -2.48. The van der Waals surface area contributed by atoms with E-state index in [-0.39, 0.29) is 17.5 Å². The van der Waals surface area contributed by atoms with Gasteiger partial charge in [0.1, 0.15) is 24.2 Å². The molecule has 1 saturated heterocycles. The third kappa shape index (κ3) is 4.63. The minimum Gasteiger partial charge on any atom is -0.367 e. The molecule has 2 amide bonds. The van der Waals surface area contributed by atoms with Crippen molar-refractivity contribution >= 4 is 46.1 Å². The third-order valence-electron chi connectivity index (χ3n) is 5.50. The highest BCUT2D eigenvalue weighted by Gasteiger charge is 2.24. The number of piperazine rings is 1. The molecule has 1 aliphatic heterocycles. The van der Waals surface area contributed by atoms with Crippen LogP contribution in [-0.2, 0) is 0 Å². The van der Waals surface area contributed by atoms with E-state index in [0.29, 0.717) is 42.7 Å². The number of halogens is 1. The molecule has 1 aromatic carbocycles. The van der Waals surface area contributed by atoms with Gasteiger partial charge in [-0.25, -0.2) is 4.98 Å². The lowest BCUT2D eigenvalue weighted by molar-refractivity contribution is 0.0751. The van der Waals surface area contributed by atoms with Gasteiger partial charge < -0.3 is 15.1 Å². The van der Waals surface area contributed by atoms with Crippen molar-refractivity contribution in [2.24, 2.45) is 0 Å². The smallest absolute Gasteiger partial charge is 0.274 e. The van der Waals surface area contributed by atoms with Crippen LogP contribution in [0.3, 0.4) is 0 Å². The molecule has 0 bridgehead atoms. The zero-order valence-electron chi connectivity index (χ0n) is 18.0. The van der Waals surface area contributed by atoms with Crippen molar-refractivity contribution in [1.29, 1.82) is 0 Å². The monoisotopic (exact) mass is 493 g/mol. The largest absolute Gasteiger partial charge is 0.367 e. The number of hydrogen-bond donors (Lipinski definition) is 1. The van der Waals surface area contributed by atoms with E-state index in [4.69, 9.17) is 11.6 Å². The van der Waals surface area contributed by atoms with E-state index in [9.17, 15) is 9.59 Å². The van der Waals surface area contributed by atoms with E-state index < -0.39 is 0 Å². The average molecular weight is 494 g/mol. The number of anilines is 2. The fraction of sp³-hybridized carbons (Fsp3) is 0.174. The second kappa shape index (κ2) is 9.62. The van der Waals surface area contributed by atoms with Crippen LogP contribution in [0.25, 0.3) is 5.82 Å².